The number of likely N-dealkylation sites (N-methyl/N-ethyl adjacent to an activating group) is 1. The first-order valence-electron chi connectivity index (χ1n) is 8.31. The van der Waals surface area contributed by atoms with Crippen molar-refractivity contribution in [2.45, 2.75) is 6.42 Å². The zero-order valence-corrected chi connectivity index (χ0v) is 15.5. The van der Waals surface area contributed by atoms with Gasteiger partial charge in [0, 0.05) is 30.1 Å². The molecule has 1 N–H and O–H groups in total. The highest BCUT2D eigenvalue weighted by molar-refractivity contribution is 7.15. The van der Waals surface area contributed by atoms with E-state index in [1.807, 2.05) is 6.07 Å². The van der Waals surface area contributed by atoms with Gasteiger partial charge in [0.25, 0.3) is 5.91 Å². The van der Waals surface area contributed by atoms with Gasteiger partial charge in [-0.1, -0.05) is 30.3 Å². The summed E-state index contributed by atoms with van der Waals surface area (Å²) in [6.45, 7) is -0.0688. The predicted octanol–water partition coefficient (Wildman–Crippen LogP) is 3.58. The number of anilines is 1. The summed E-state index contributed by atoms with van der Waals surface area (Å²) in [7, 11) is 1.58. The minimum absolute atomic E-state index is 0.0688. The molecule has 0 aliphatic carbocycles. The predicted molar refractivity (Wildman–Crippen MR) is 103 cm³/mol. The highest BCUT2D eigenvalue weighted by Crippen LogP contribution is 2.21. The van der Waals surface area contributed by atoms with Gasteiger partial charge in [-0.05, 0) is 29.8 Å². The lowest BCUT2D eigenvalue weighted by molar-refractivity contribution is -0.116. The molecule has 2 amide bonds. The first-order chi connectivity index (χ1) is 13.0. The van der Waals surface area contributed by atoms with Crippen molar-refractivity contribution in [3.63, 3.8) is 0 Å². The van der Waals surface area contributed by atoms with Gasteiger partial charge in [0.2, 0.25) is 5.91 Å². The molecule has 3 rings (SSSR count). The summed E-state index contributed by atoms with van der Waals surface area (Å²) in [6, 6.07) is 15.1. The summed E-state index contributed by atoms with van der Waals surface area (Å²) < 4.78 is 13.0. The van der Waals surface area contributed by atoms with Crippen LogP contribution in [0.2, 0.25) is 0 Å². The molecular weight excluding hydrogens is 365 g/mol. The van der Waals surface area contributed by atoms with Gasteiger partial charge < -0.3 is 10.2 Å². The van der Waals surface area contributed by atoms with Crippen LogP contribution in [-0.4, -0.2) is 35.3 Å². The van der Waals surface area contributed by atoms with Crippen LogP contribution in [0.25, 0.3) is 0 Å². The maximum Gasteiger partial charge on any atom is 0.254 e. The van der Waals surface area contributed by atoms with Crippen molar-refractivity contribution >= 4 is 28.3 Å². The number of amides is 2. The van der Waals surface area contributed by atoms with E-state index in [2.05, 4.69) is 10.3 Å². The van der Waals surface area contributed by atoms with Crippen molar-refractivity contribution < 1.29 is 14.0 Å². The number of nitrogens with zero attached hydrogens (tertiary/aromatic N) is 2. The third-order valence-corrected chi connectivity index (χ3v) is 4.75. The monoisotopic (exact) mass is 383 g/mol. The van der Waals surface area contributed by atoms with Crippen LogP contribution in [0.4, 0.5) is 9.52 Å². The van der Waals surface area contributed by atoms with Crippen LogP contribution < -0.4 is 5.32 Å². The van der Waals surface area contributed by atoms with Gasteiger partial charge in [-0.3, -0.25) is 9.59 Å². The normalized spacial score (nSPS) is 10.4. The van der Waals surface area contributed by atoms with Gasteiger partial charge in [0.05, 0.1) is 6.54 Å². The molecule has 0 bridgehead atoms. The van der Waals surface area contributed by atoms with Crippen molar-refractivity contribution in [1.29, 1.82) is 0 Å². The minimum Gasteiger partial charge on any atom is -0.332 e. The molecule has 0 saturated heterocycles. The Morgan fingerprint density at radius 3 is 2.52 bits per heavy atom. The molecule has 1 heterocycles. The number of hydrogen-bond acceptors (Lipinski definition) is 4. The van der Waals surface area contributed by atoms with Crippen LogP contribution in [0.5, 0.6) is 0 Å². The van der Waals surface area contributed by atoms with E-state index in [9.17, 15) is 14.0 Å². The van der Waals surface area contributed by atoms with E-state index in [0.29, 0.717) is 17.1 Å². The zero-order valence-electron chi connectivity index (χ0n) is 14.7. The number of nitrogens with one attached hydrogen (secondary N) is 1. The van der Waals surface area contributed by atoms with Gasteiger partial charge in [-0.15, -0.1) is 11.3 Å². The fraction of sp³-hybridized carbons (Fsp3) is 0.150. The molecule has 0 saturated carbocycles. The summed E-state index contributed by atoms with van der Waals surface area (Å²) in [5, 5.41) is 3.18. The average Bonchev–Trinajstić information content (AvgIpc) is 3.10. The fourth-order valence-corrected chi connectivity index (χ4v) is 3.36. The number of thiazole rings is 1. The van der Waals surface area contributed by atoms with Crippen LogP contribution in [-0.2, 0) is 11.2 Å². The van der Waals surface area contributed by atoms with E-state index in [-0.39, 0.29) is 24.2 Å². The molecule has 1 aromatic heterocycles. The van der Waals surface area contributed by atoms with Crippen LogP contribution in [0.3, 0.4) is 0 Å². The minimum atomic E-state index is -0.315. The standard InChI is InChI=1S/C20H18FN3O2S/c1-24(19(26)15-5-3-2-4-6-15)13-18(25)23-20-22-12-17(27-20)11-14-7-9-16(21)10-8-14/h2-10,12H,11,13H2,1H3,(H,22,23,25). The van der Waals surface area contributed by atoms with E-state index < -0.39 is 0 Å². The largest absolute Gasteiger partial charge is 0.332 e. The lowest BCUT2D eigenvalue weighted by atomic mass is 10.1. The number of aromatic nitrogens is 1. The van der Waals surface area contributed by atoms with Crippen molar-refractivity contribution in [3.05, 3.63) is 82.6 Å². The second-order valence-corrected chi connectivity index (χ2v) is 7.13. The Morgan fingerprint density at radius 2 is 1.81 bits per heavy atom. The first-order valence-corrected chi connectivity index (χ1v) is 9.12. The van der Waals surface area contributed by atoms with E-state index in [1.165, 1.54) is 28.4 Å². The Balaban J connectivity index is 1.54. The molecule has 0 unspecified atom stereocenters. The van der Waals surface area contributed by atoms with Crippen LogP contribution in [0, 0.1) is 5.82 Å². The average molecular weight is 383 g/mol. The molecule has 0 spiro atoms. The molecule has 0 fully saturated rings. The Labute approximate surface area is 160 Å². The molecule has 27 heavy (non-hydrogen) atoms. The summed E-state index contributed by atoms with van der Waals surface area (Å²) in [4.78, 5) is 31.0. The number of carbonyl (C=O) groups excluding carboxylic acids is 2. The maximum atomic E-state index is 13.0. The van der Waals surface area contributed by atoms with Crippen LogP contribution in [0.15, 0.2) is 60.8 Å². The summed E-state index contributed by atoms with van der Waals surface area (Å²) >= 11 is 1.35. The summed E-state index contributed by atoms with van der Waals surface area (Å²) in [5.41, 5.74) is 1.50. The van der Waals surface area contributed by atoms with E-state index in [0.717, 1.165) is 10.4 Å². The third kappa shape index (κ3) is 5.21. The quantitative estimate of drug-likeness (QED) is 0.708. The van der Waals surface area contributed by atoms with Gasteiger partial charge in [-0.25, -0.2) is 9.37 Å². The number of carbonyl (C=O) groups is 2. The Morgan fingerprint density at radius 1 is 1.11 bits per heavy atom. The fourth-order valence-electron chi connectivity index (χ4n) is 2.50. The number of benzene rings is 2. The third-order valence-electron chi connectivity index (χ3n) is 3.84. The molecule has 5 nitrogen and oxygen atoms in total. The SMILES string of the molecule is CN(CC(=O)Nc1ncc(Cc2ccc(F)cc2)s1)C(=O)c1ccccc1. The van der Waals surface area contributed by atoms with Gasteiger partial charge >= 0.3 is 0 Å². The van der Waals surface area contributed by atoms with Gasteiger partial charge in [0.15, 0.2) is 5.13 Å². The molecule has 0 aliphatic rings. The van der Waals surface area contributed by atoms with Gasteiger partial charge in [-0.2, -0.15) is 0 Å². The van der Waals surface area contributed by atoms with Crippen molar-refractivity contribution in [2.75, 3.05) is 18.9 Å². The van der Waals surface area contributed by atoms with Crippen LogP contribution in [0.1, 0.15) is 20.8 Å². The molecule has 0 aliphatic heterocycles. The topological polar surface area (TPSA) is 62.3 Å². The second-order valence-electron chi connectivity index (χ2n) is 6.01. The lowest BCUT2D eigenvalue weighted by Gasteiger charge is -2.16. The van der Waals surface area contributed by atoms with Crippen molar-refractivity contribution in [1.82, 2.24) is 9.88 Å². The molecule has 7 heteroatoms. The first kappa shape index (κ1) is 18.7. The summed E-state index contributed by atoms with van der Waals surface area (Å²) in [6.07, 6.45) is 2.29. The summed E-state index contributed by atoms with van der Waals surface area (Å²) in [5.74, 6) is -0.809. The molecule has 0 radical (unpaired) electrons. The molecule has 3 aromatic rings. The van der Waals surface area contributed by atoms with E-state index >= 15 is 0 Å². The molecule has 0 atom stereocenters. The second kappa shape index (κ2) is 8.55. The number of hydrogen-bond donors (Lipinski definition) is 1. The van der Waals surface area contributed by atoms with Crippen LogP contribution >= 0.6 is 11.3 Å². The highest BCUT2D eigenvalue weighted by Gasteiger charge is 2.15. The Kier molecular flexibility index (Phi) is 5.93. The van der Waals surface area contributed by atoms with E-state index in [4.69, 9.17) is 0 Å². The van der Waals surface area contributed by atoms with Crippen molar-refractivity contribution in [3.8, 4) is 0 Å². The number of halogens is 1. The Hall–Kier alpha value is -3.06. The number of rotatable bonds is 6. The molecular formula is C20H18FN3O2S. The van der Waals surface area contributed by atoms with E-state index in [1.54, 1.807) is 49.6 Å². The van der Waals surface area contributed by atoms with Gasteiger partial charge in [0.1, 0.15) is 5.82 Å². The molecule has 2 aromatic carbocycles. The Bertz CT molecular complexity index is 926. The highest BCUT2D eigenvalue weighted by atomic mass is 32.1. The maximum absolute atomic E-state index is 13.0. The smallest absolute Gasteiger partial charge is 0.254 e. The zero-order chi connectivity index (χ0) is 19.2. The van der Waals surface area contributed by atoms with Crippen molar-refractivity contribution in [2.24, 2.45) is 0 Å². The lowest BCUT2D eigenvalue weighted by Crippen LogP contribution is -2.34. The molecule has 138 valence electrons.